The number of aromatic nitrogens is 3. The van der Waals surface area contributed by atoms with Crippen LogP contribution >= 0.6 is 0 Å². The van der Waals surface area contributed by atoms with Gasteiger partial charge in [0.2, 0.25) is 0 Å². The molecule has 3 rings (SSSR count). The lowest BCUT2D eigenvalue weighted by Crippen LogP contribution is -2.34. The van der Waals surface area contributed by atoms with Gasteiger partial charge in [-0.05, 0) is 38.3 Å². The lowest BCUT2D eigenvalue weighted by atomic mass is 10.0. The summed E-state index contributed by atoms with van der Waals surface area (Å²) in [5.41, 5.74) is 2.26. The average molecular weight is 272 g/mol. The normalized spacial score (nSPS) is 19.6. The minimum absolute atomic E-state index is 0.678. The monoisotopic (exact) mass is 272 g/mol. The van der Waals surface area contributed by atoms with Crippen LogP contribution in [0.25, 0.3) is 11.0 Å². The zero-order chi connectivity index (χ0) is 13.8. The third-order valence-electron chi connectivity index (χ3n) is 4.21. The molecular weight excluding hydrogens is 248 g/mol. The summed E-state index contributed by atoms with van der Waals surface area (Å²) in [6.45, 7) is 4.45. The first-order valence-corrected chi connectivity index (χ1v) is 7.91. The molecule has 4 nitrogen and oxygen atoms in total. The minimum atomic E-state index is 0.678. The fourth-order valence-electron chi connectivity index (χ4n) is 3.17. The summed E-state index contributed by atoms with van der Waals surface area (Å²) >= 11 is 0. The van der Waals surface area contributed by atoms with Crippen LogP contribution < -0.4 is 5.32 Å². The number of hydrogen-bond acceptors (Lipinski definition) is 3. The molecule has 0 bridgehead atoms. The summed E-state index contributed by atoms with van der Waals surface area (Å²) < 4.78 is 2.37. The van der Waals surface area contributed by atoms with Gasteiger partial charge in [0.1, 0.15) is 11.3 Å². The van der Waals surface area contributed by atoms with Crippen LogP contribution in [0, 0.1) is 0 Å². The van der Waals surface area contributed by atoms with Gasteiger partial charge in [-0.3, -0.25) is 4.98 Å². The molecule has 1 fully saturated rings. The second-order valence-electron chi connectivity index (χ2n) is 5.73. The van der Waals surface area contributed by atoms with Gasteiger partial charge in [0, 0.05) is 25.2 Å². The molecule has 0 saturated carbocycles. The van der Waals surface area contributed by atoms with E-state index in [-0.39, 0.29) is 0 Å². The van der Waals surface area contributed by atoms with Crippen LogP contribution in [-0.4, -0.2) is 27.1 Å². The summed E-state index contributed by atoms with van der Waals surface area (Å²) in [5.74, 6) is 1.22. The SMILES string of the molecule is CCCn1c(CCC2CCCCN2)nc2cnccc21. The molecule has 4 heteroatoms. The van der Waals surface area contributed by atoms with Crippen LogP contribution in [0.3, 0.4) is 0 Å². The van der Waals surface area contributed by atoms with Gasteiger partial charge in [0.05, 0.1) is 11.7 Å². The van der Waals surface area contributed by atoms with E-state index < -0.39 is 0 Å². The maximum atomic E-state index is 4.79. The Kier molecular flexibility index (Phi) is 4.31. The number of nitrogens with one attached hydrogen (secondary N) is 1. The summed E-state index contributed by atoms with van der Waals surface area (Å²) in [6.07, 6.45) is 11.2. The molecule has 1 saturated heterocycles. The third kappa shape index (κ3) is 2.85. The van der Waals surface area contributed by atoms with Crippen molar-refractivity contribution < 1.29 is 0 Å². The van der Waals surface area contributed by atoms with Crippen molar-refractivity contribution in [2.45, 2.75) is 58.0 Å². The van der Waals surface area contributed by atoms with E-state index in [1.165, 1.54) is 43.6 Å². The summed E-state index contributed by atoms with van der Waals surface area (Å²) in [6, 6.07) is 2.76. The second-order valence-corrected chi connectivity index (χ2v) is 5.73. The van der Waals surface area contributed by atoms with Crippen molar-refractivity contribution in [1.29, 1.82) is 0 Å². The molecular formula is C16H24N4. The molecule has 1 aliphatic heterocycles. The number of rotatable bonds is 5. The van der Waals surface area contributed by atoms with Gasteiger partial charge >= 0.3 is 0 Å². The van der Waals surface area contributed by atoms with Gasteiger partial charge in [-0.1, -0.05) is 13.3 Å². The summed E-state index contributed by atoms with van der Waals surface area (Å²) in [4.78, 5) is 8.98. The number of hydrogen-bond donors (Lipinski definition) is 1. The molecule has 1 unspecified atom stereocenters. The van der Waals surface area contributed by atoms with E-state index in [9.17, 15) is 0 Å². The maximum absolute atomic E-state index is 4.79. The van der Waals surface area contributed by atoms with Crippen molar-refractivity contribution in [1.82, 2.24) is 19.9 Å². The molecule has 2 aromatic rings. The van der Waals surface area contributed by atoms with Gasteiger partial charge in [-0.15, -0.1) is 0 Å². The molecule has 2 aromatic heterocycles. The first-order valence-electron chi connectivity index (χ1n) is 7.91. The van der Waals surface area contributed by atoms with Crippen molar-refractivity contribution in [3.63, 3.8) is 0 Å². The van der Waals surface area contributed by atoms with Crippen LogP contribution in [0.1, 0.15) is 44.9 Å². The Hall–Kier alpha value is -1.42. The van der Waals surface area contributed by atoms with Crippen LogP contribution in [0.5, 0.6) is 0 Å². The van der Waals surface area contributed by atoms with Crippen molar-refractivity contribution in [3.8, 4) is 0 Å². The number of pyridine rings is 1. The highest BCUT2D eigenvalue weighted by atomic mass is 15.1. The fourth-order valence-corrected chi connectivity index (χ4v) is 3.17. The minimum Gasteiger partial charge on any atom is -0.328 e. The van der Waals surface area contributed by atoms with Gasteiger partial charge in [0.25, 0.3) is 0 Å². The van der Waals surface area contributed by atoms with Crippen LogP contribution in [-0.2, 0) is 13.0 Å². The predicted molar refractivity (Wildman–Crippen MR) is 81.8 cm³/mol. The van der Waals surface area contributed by atoms with Crippen molar-refractivity contribution >= 4 is 11.0 Å². The Balaban J connectivity index is 1.77. The van der Waals surface area contributed by atoms with Crippen LogP contribution in [0.4, 0.5) is 0 Å². The smallest absolute Gasteiger partial charge is 0.109 e. The van der Waals surface area contributed by atoms with Gasteiger partial charge in [0.15, 0.2) is 0 Å². The average Bonchev–Trinajstić information content (AvgIpc) is 2.85. The highest BCUT2D eigenvalue weighted by molar-refractivity contribution is 5.74. The molecule has 1 aliphatic rings. The number of piperidine rings is 1. The molecule has 3 heterocycles. The standard InChI is InChI=1S/C16H24N4/c1-2-11-20-15-8-10-17-12-14(15)19-16(20)7-6-13-5-3-4-9-18-13/h8,10,12-13,18H,2-7,9,11H2,1H3. The molecule has 1 N–H and O–H groups in total. The zero-order valence-electron chi connectivity index (χ0n) is 12.3. The number of fused-ring (bicyclic) bond motifs is 1. The van der Waals surface area contributed by atoms with E-state index in [0.29, 0.717) is 6.04 Å². The third-order valence-corrected chi connectivity index (χ3v) is 4.21. The van der Waals surface area contributed by atoms with E-state index in [4.69, 9.17) is 4.98 Å². The van der Waals surface area contributed by atoms with Gasteiger partial charge in [-0.25, -0.2) is 4.98 Å². The number of nitrogens with zero attached hydrogens (tertiary/aromatic N) is 3. The van der Waals surface area contributed by atoms with Crippen molar-refractivity contribution in [2.24, 2.45) is 0 Å². The van der Waals surface area contributed by atoms with E-state index in [1.54, 1.807) is 0 Å². The molecule has 1 atom stereocenters. The quantitative estimate of drug-likeness (QED) is 0.910. The van der Waals surface area contributed by atoms with Crippen molar-refractivity contribution in [3.05, 3.63) is 24.3 Å². The Labute approximate surface area is 120 Å². The number of imidazole rings is 1. The Bertz CT molecular complexity index is 555. The second kappa shape index (κ2) is 6.35. The lowest BCUT2D eigenvalue weighted by Gasteiger charge is -2.23. The lowest BCUT2D eigenvalue weighted by molar-refractivity contribution is 0.379. The number of aryl methyl sites for hydroxylation is 2. The molecule has 0 aromatic carbocycles. The van der Waals surface area contributed by atoms with Gasteiger partial charge < -0.3 is 9.88 Å². The zero-order valence-corrected chi connectivity index (χ0v) is 12.3. The molecule has 0 amide bonds. The molecule has 0 spiro atoms. The molecule has 20 heavy (non-hydrogen) atoms. The maximum Gasteiger partial charge on any atom is 0.109 e. The predicted octanol–water partition coefficient (Wildman–Crippen LogP) is 2.92. The largest absolute Gasteiger partial charge is 0.328 e. The molecule has 0 radical (unpaired) electrons. The van der Waals surface area contributed by atoms with Gasteiger partial charge in [-0.2, -0.15) is 0 Å². The topological polar surface area (TPSA) is 42.7 Å². The summed E-state index contributed by atoms with van der Waals surface area (Å²) in [5, 5.41) is 3.63. The Morgan fingerprint density at radius 1 is 1.40 bits per heavy atom. The highest BCUT2D eigenvalue weighted by Crippen LogP contribution is 2.19. The molecule has 108 valence electrons. The van der Waals surface area contributed by atoms with E-state index >= 15 is 0 Å². The van der Waals surface area contributed by atoms with Crippen LogP contribution in [0.15, 0.2) is 18.5 Å². The Morgan fingerprint density at radius 3 is 3.15 bits per heavy atom. The first-order chi connectivity index (χ1) is 9.88. The highest BCUT2D eigenvalue weighted by Gasteiger charge is 2.15. The van der Waals surface area contributed by atoms with Crippen molar-refractivity contribution in [2.75, 3.05) is 6.54 Å². The summed E-state index contributed by atoms with van der Waals surface area (Å²) in [7, 11) is 0. The first kappa shape index (κ1) is 13.6. The molecule has 0 aliphatic carbocycles. The van der Waals surface area contributed by atoms with E-state index in [0.717, 1.165) is 24.9 Å². The Morgan fingerprint density at radius 2 is 2.35 bits per heavy atom. The van der Waals surface area contributed by atoms with E-state index in [2.05, 4.69) is 27.9 Å². The van der Waals surface area contributed by atoms with E-state index in [1.807, 2.05) is 12.4 Å². The van der Waals surface area contributed by atoms with Crippen LogP contribution in [0.2, 0.25) is 0 Å². The fraction of sp³-hybridized carbons (Fsp3) is 0.625.